The largest absolute Gasteiger partial charge is 0.447 e. The van der Waals surface area contributed by atoms with Crippen LogP contribution in [0.15, 0.2) is 78.9 Å². The predicted molar refractivity (Wildman–Crippen MR) is 126 cm³/mol. The van der Waals surface area contributed by atoms with Crippen LogP contribution in [0.4, 0.5) is 13.6 Å². The van der Waals surface area contributed by atoms with Crippen molar-refractivity contribution >= 4 is 12.0 Å². The van der Waals surface area contributed by atoms with E-state index in [1.54, 1.807) is 0 Å². The Morgan fingerprint density at radius 1 is 0.914 bits per heavy atom. The fourth-order valence-electron chi connectivity index (χ4n) is 5.17. The topological polar surface area (TPSA) is 49.9 Å². The lowest BCUT2D eigenvalue weighted by atomic mass is 9.87. The third-order valence-corrected chi connectivity index (χ3v) is 6.84. The van der Waals surface area contributed by atoms with Crippen LogP contribution in [0, 0.1) is 17.6 Å². The monoisotopic (exact) mass is 476 g/mol. The van der Waals surface area contributed by atoms with Crippen molar-refractivity contribution in [3.05, 3.63) is 107 Å². The van der Waals surface area contributed by atoms with Gasteiger partial charge >= 0.3 is 6.09 Å². The number of rotatable bonds is 6. The number of hydrogen-bond acceptors (Lipinski definition) is 4. The molecule has 2 saturated heterocycles. The van der Waals surface area contributed by atoms with Gasteiger partial charge in [0.1, 0.15) is 18.2 Å². The minimum Gasteiger partial charge on any atom is -0.447 e. The van der Waals surface area contributed by atoms with E-state index in [2.05, 4.69) is 4.90 Å². The van der Waals surface area contributed by atoms with Gasteiger partial charge in [0.25, 0.3) is 0 Å². The maximum atomic E-state index is 14.8. The van der Waals surface area contributed by atoms with Crippen molar-refractivity contribution < 1.29 is 23.1 Å². The quantitative estimate of drug-likeness (QED) is 0.514. The van der Waals surface area contributed by atoms with E-state index in [4.69, 9.17) is 4.74 Å². The normalized spacial score (nSPS) is 22.4. The van der Waals surface area contributed by atoms with Gasteiger partial charge < -0.3 is 4.74 Å². The van der Waals surface area contributed by atoms with Gasteiger partial charge in [-0.15, -0.1) is 0 Å². The minimum absolute atomic E-state index is 0.121. The van der Waals surface area contributed by atoms with Gasteiger partial charge in [0.15, 0.2) is 0 Å². The van der Waals surface area contributed by atoms with E-state index in [0.29, 0.717) is 26.1 Å². The van der Waals surface area contributed by atoms with E-state index in [1.807, 2.05) is 60.7 Å². The molecule has 180 valence electrons. The minimum atomic E-state index is -0.681. The Labute approximate surface area is 202 Å². The molecule has 2 aliphatic rings. The molecule has 3 aromatic rings. The predicted octanol–water partition coefficient (Wildman–Crippen LogP) is 4.77. The van der Waals surface area contributed by atoms with Crippen molar-refractivity contribution in [2.75, 3.05) is 19.7 Å². The van der Waals surface area contributed by atoms with Crippen LogP contribution < -0.4 is 0 Å². The van der Waals surface area contributed by atoms with Gasteiger partial charge in [-0.05, 0) is 29.2 Å². The number of cyclic esters (lactones) is 1. The molecule has 3 atom stereocenters. The molecule has 5 rings (SSSR count). The third-order valence-electron chi connectivity index (χ3n) is 6.84. The van der Waals surface area contributed by atoms with Crippen LogP contribution in [0.1, 0.15) is 22.6 Å². The second-order valence-corrected chi connectivity index (χ2v) is 9.19. The molecule has 35 heavy (non-hydrogen) atoms. The van der Waals surface area contributed by atoms with Crippen molar-refractivity contribution in [2.24, 2.45) is 5.92 Å². The van der Waals surface area contributed by atoms with Gasteiger partial charge in [0, 0.05) is 31.6 Å². The molecule has 5 nitrogen and oxygen atoms in total. The first-order chi connectivity index (χ1) is 17.0. The van der Waals surface area contributed by atoms with Crippen LogP contribution in [0.25, 0.3) is 0 Å². The summed E-state index contributed by atoms with van der Waals surface area (Å²) in [6, 6.07) is 22.5. The molecule has 2 aliphatic heterocycles. The van der Waals surface area contributed by atoms with Crippen molar-refractivity contribution in [1.82, 2.24) is 9.80 Å². The Morgan fingerprint density at radius 3 is 2.29 bits per heavy atom. The zero-order valence-corrected chi connectivity index (χ0v) is 19.1. The Bertz CT molecular complexity index is 1210. The average Bonchev–Trinajstić information content (AvgIpc) is 3.43. The van der Waals surface area contributed by atoms with Crippen LogP contribution in [0.3, 0.4) is 0 Å². The zero-order chi connectivity index (χ0) is 24.4. The van der Waals surface area contributed by atoms with Crippen molar-refractivity contribution in [3.8, 4) is 0 Å². The Balaban J connectivity index is 1.42. The smallest absolute Gasteiger partial charge is 0.416 e. The van der Waals surface area contributed by atoms with Gasteiger partial charge in [-0.3, -0.25) is 9.69 Å². The van der Waals surface area contributed by atoms with Gasteiger partial charge in [0.05, 0.1) is 12.0 Å². The van der Waals surface area contributed by atoms with E-state index >= 15 is 0 Å². The van der Waals surface area contributed by atoms with Gasteiger partial charge in [-0.2, -0.15) is 0 Å². The lowest BCUT2D eigenvalue weighted by Crippen LogP contribution is -2.45. The van der Waals surface area contributed by atoms with E-state index < -0.39 is 35.6 Å². The lowest BCUT2D eigenvalue weighted by Gasteiger charge is -2.26. The number of halogens is 2. The van der Waals surface area contributed by atoms with E-state index in [-0.39, 0.29) is 18.1 Å². The highest BCUT2D eigenvalue weighted by molar-refractivity contribution is 5.95. The molecule has 0 saturated carbocycles. The highest BCUT2D eigenvalue weighted by Gasteiger charge is 2.47. The lowest BCUT2D eigenvalue weighted by molar-refractivity contribution is -0.133. The molecule has 7 heteroatoms. The van der Waals surface area contributed by atoms with Crippen LogP contribution >= 0.6 is 0 Å². The summed E-state index contributed by atoms with van der Waals surface area (Å²) in [7, 11) is 0. The molecule has 0 bridgehead atoms. The summed E-state index contributed by atoms with van der Waals surface area (Å²) in [5, 5.41) is 0. The number of carbonyl (C=O) groups is 2. The Morgan fingerprint density at radius 2 is 1.60 bits per heavy atom. The van der Waals surface area contributed by atoms with Crippen LogP contribution in [0.5, 0.6) is 0 Å². The standard InChI is InChI=1S/C28H26F2N2O3/c29-21-11-12-23(26(30)14-21)24-16-31(15-20-9-5-2-6-10-20)17-25(24)27(33)32-22(18-35-28(32)34)13-19-7-3-1-4-8-19/h1-12,14,22,24-25H,13,15-18H2/t22-,24+,25-/m0/s1. The summed E-state index contributed by atoms with van der Waals surface area (Å²) in [5.41, 5.74) is 2.35. The molecule has 2 fully saturated rings. The first-order valence-electron chi connectivity index (χ1n) is 11.7. The average molecular weight is 477 g/mol. The molecule has 0 spiro atoms. The number of ether oxygens (including phenoxy) is 1. The van der Waals surface area contributed by atoms with E-state index in [9.17, 15) is 18.4 Å². The Hall–Kier alpha value is -3.58. The zero-order valence-electron chi connectivity index (χ0n) is 19.1. The second-order valence-electron chi connectivity index (χ2n) is 9.19. The first-order valence-corrected chi connectivity index (χ1v) is 11.7. The number of amides is 2. The molecule has 0 aliphatic carbocycles. The fraction of sp³-hybridized carbons (Fsp3) is 0.286. The summed E-state index contributed by atoms with van der Waals surface area (Å²) in [6.07, 6.45) is -0.190. The van der Waals surface area contributed by atoms with Gasteiger partial charge in [0.2, 0.25) is 5.91 Å². The van der Waals surface area contributed by atoms with E-state index in [1.165, 1.54) is 17.0 Å². The summed E-state index contributed by atoms with van der Waals surface area (Å²) in [4.78, 5) is 29.8. The summed E-state index contributed by atoms with van der Waals surface area (Å²) in [5.74, 6) is -2.91. The van der Waals surface area contributed by atoms with E-state index in [0.717, 1.165) is 17.2 Å². The molecular formula is C28H26F2N2O3. The van der Waals surface area contributed by atoms with Crippen LogP contribution in [-0.2, 0) is 22.5 Å². The van der Waals surface area contributed by atoms with Crippen LogP contribution in [-0.4, -0.2) is 47.5 Å². The molecule has 3 aromatic carbocycles. The number of imide groups is 1. The maximum absolute atomic E-state index is 14.8. The van der Waals surface area contributed by atoms with Gasteiger partial charge in [-0.25, -0.2) is 18.5 Å². The molecular weight excluding hydrogens is 450 g/mol. The third kappa shape index (κ3) is 4.95. The number of benzene rings is 3. The first kappa shape index (κ1) is 23.2. The molecule has 2 amide bonds. The summed E-state index contributed by atoms with van der Waals surface area (Å²) < 4.78 is 33.7. The molecule has 2 heterocycles. The molecule has 0 N–H and O–H groups in total. The maximum Gasteiger partial charge on any atom is 0.416 e. The van der Waals surface area contributed by atoms with Crippen molar-refractivity contribution in [3.63, 3.8) is 0 Å². The van der Waals surface area contributed by atoms with Crippen molar-refractivity contribution in [1.29, 1.82) is 0 Å². The fourth-order valence-corrected chi connectivity index (χ4v) is 5.17. The Kier molecular flexibility index (Phi) is 6.59. The SMILES string of the molecule is O=C1OC[C@H](Cc2ccccc2)N1C(=O)[C@H]1CN(Cc2ccccc2)C[C@@H]1c1ccc(F)cc1F. The van der Waals surface area contributed by atoms with Crippen LogP contribution in [0.2, 0.25) is 0 Å². The second kappa shape index (κ2) is 9.96. The highest BCUT2D eigenvalue weighted by atomic mass is 19.1. The molecule has 0 unspecified atom stereocenters. The number of nitrogens with zero attached hydrogens (tertiary/aromatic N) is 2. The summed E-state index contributed by atoms with van der Waals surface area (Å²) in [6.45, 7) is 1.48. The molecule has 0 aromatic heterocycles. The molecule has 0 radical (unpaired) electrons. The number of hydrogen-bond donors (Lipinski definition) is 0. The number of likely N-dealkylation sites (tertiary alicyclic amines) is 1. The van der Waals surface area contributed by atoms with Crippen molar-refractivity contribution in [2.45, 2.75) is 24.9 Å². The van der Waals surface area contributed by atoms with Gasteiger partial charge in [-0.1, -0.05) is 66.7 Å². The summed E-state index contributed by atoms with van der Waals surface area (Å²) >= 11 is 0. The highest BCUT2D eigenvalue weighted by Crippen LogP contribution is 2.37. The number of carbonyl (C=O) groups excluding carboxylic acids is 2.